The Morgan fingerprint density at radius 1 is 1.29 bits per heavy atom. The summed E-state index contributed by atoms with van der Waals surface area (Å²) in [6, 6.07) is 4.30. The van der Waals surface area contributed by atoms with Gasteiger partial charge in [-0.2, -0.15) is 0 Å². The van der Waals surface area contributed by atoms with Gasteiger partial charge in [0.15, 0.2) is 0 Å². The van der Waals surface area contributed by atoms with Gasteiger partial charge < -0.3 is 4.74 Å². The molecule has 0 aromatic heterocycles. The van der Waals surface area contributed by atoms with E-state index in [0.717, 1.165) is 11.3 Å². The molecule has 1 nitrogen and oxygen atoms in total. The average molecular weight is 224 g/mol. The van der Waals surface area contributed by atoms with Crippen LogP contribution in [0.5, 0.6) is 5.75 Å². The Labute approximate surface area is 102 Å². The van der Waals surface area contributed by atoms with Crippen LogP contribution in [-0.2, 0) is 0 Å². The van der Waals surface area contributed by atoms with Crippen molar-refractivity contribution in [3.05, 3.63) is 46.4 Å². The Hall–Kier alpha value is -1.68. The van der Waals surface area contributed by atoms with Gasteiger partial charge in [-0.15, -0.1) is 0 Å². The molecule has 0 spiro atoms. The normalized spacial score (nSPS) is 28.5. The van der Waals surface area contributed by atoms with Crippen LogP contribution in [0.25, 0.3) is 5.57 Å². The molecule has 0 amide bonds. The quantitative estimate of drug-likeness (QED) is 0.609. The summed E-state index contributed by atoms with van der Waals surface area (Å²) in [7, 11) is 0. The van der Waals surface area contributed by atoms with Gasteiger partial charge in [0.1, 0.15) is 11.4 Å². The fourth-order valence-electron chi connectivity index (χ4n) is 2.56. The first-order valence-corrected chi connectivity index (χ1v) is 6.06. The lowest BCUT2D eigenvalue weighted by Crippen LogP contribution is -2.36. The first kappa shape index (κ1) is 10.5. The van der Waals surface area contributed by atoms with Crippen LogP contribution in [-0.4, -0.2) is 5.60 Å². The highest BCUT2D eigenvalue weighted by molar-refractivity contribution is 5.82. The molecule has 0 saturated carbocycles. The molecule has 1 aliphatic carbocycles. The topological polar surface area (TPSA) is 9.23 Å². The number of rotatable bonds is 0. The summed E-state index contributed by atoms with van der Waals surface area (Å²) in [5.41, 5.74) is 10.9. The van der Waals surface area contributed by atoms with E-state index < -0.39 is 0 Å². The van der Waals surface area contributed by atoms with Crippen LogP contribution < -0.4 is 4.74 Å². The van der Waals surface area contributed by atoms with Crippen molar-refractivity contribution in [2.45, 2.75) is 33.3 Å². The lowest BCUT2D eigenvalue weighted by atomic mass is 9.80. The number of fused-ring (bicyclic) bond motifs is 3. The molecule has 2 aliphatic rings. The van der Waals surface area contributed by atoms with E-state index in [9.17, 15) is 0 Å². The Morgan fingerprint density at radius 3 is 2.82 bits per heavy atom. The van der Waals surface area contributed by atoms with E-state index in [1.807, 2.05) is 6.08 Å². The zero-order chi connectivity index (χ0) is 12.2. The van der Waals surface area contributed by atoms with Crippen molar-refractivity contribution in [2.75, 3.05) is 0 Å². The summed E-state index contributed by atoms with van der Waals surface area (Å²) in [5.74, 6) is 1.35. The maximum absolute atomic E-state index is 6.25. The van der Waals surface area contributed by atoms with Gasteiger partial charge in [-0.25, -0.2) is 0 Å². The third kappa shape index (κ3) is 1.21. The molecular formula is C16H16O. The maximum Gasteiger partial charge on any atom is 0.146 e. The Kier molecular flexibility index (Phi) is 1.95. The Bertz CT molecular complexity index is 611. The number of hydrogen-bond acceptors (Lipinski definition) is 1. The van der Waals surface area contributed by atoms with Crippen molar-refractivity contribution in [3.63, 3.8) is 0 Å². The lowest BCUT2D eigenvalue weighted by Gasteiger charge is -2.30. The van der Waals surface area contributed by atoms with Crippen LogP contribution in [0.1, 0.15) is 30.5 Å². The Morgan fingerprint density at radius 2 is 2.06 bits per heavy atom. The molecule has 2 unspecified atom stereocenters. The van der Waals surface area contributed by atoms with Crippen LogP contribution in [0.15, 0.2) is 29.7 Å². The van der Waals surface area contributed by atoms with E-state index in [0.29, 0.717) is 5.92 Å². The number of aryl methyl sites for hydroxylation is 1. The molecule has 86 valence electrons. The van der Waals surface area contributed by atoms with Crippen LogP contribution in [0.4, 0.5) is 0 Å². The summed E-state index contributed by atoms with van der Waals surface area (Å²) < 4.78 is 6.25. The molecule has 3 rings (SSSR count). The molecule has 1 aromatic carbocycles. The molecule has 17 heavy (non-hydrogen) atoms. The predicted octanol–water partition coefficient (Wildman–Crippen LogP) is 3.80. The van der Waals surface area contributed by atoms with Gasteiger partial charge in [-0.3, -0.25) is 0 Å². The molecule has 2 atom stereocenters. The fourth-order valence-corrected chi connectivity index (χ4v) is 2.56. The van der Waals surface area contributed by atoms with E-state index in [1.165, 1.54) is 16.7 Å². The van der Waals surface area contributed by atoms with E-state index in [-0.39, 0.29) is 5.60 Å². The van der Waals surface area contributed by atoms with Crippen molar-refractivity contribution in [3.8, 4) is 5.75 Å². The zero-order valence-corrected chi connectivity index (χ0v) is 10.7. The number of hydrogen-bond donors (Lipinski definition) is 0. The van der Waals surface area contributed by atoms with Crippen molar-refractivity contribution in [1.82, 2.24) is 0 Å². The van der Waals surface area contributed by atoms with E-state index in [1.54, 1.807) is 0 Å². The first-order valence-electron chi connectivity index (χ1n) is 6.06. The van der Waals surface area contributed by atoms with Gasteiger partial charge in [0.25, 0.3) is 0 Å². The van der Waals surface area contributed by atoms with E-state index in [4.69, 9.17) is 4.74 Å². The minimum atomic E-state index is -0.272. The fraction of sp³-hybridized carbons (Fsp3) is 0.375. The SMILES string of the molecule is Cc1ccc2c(c1C)OC1(C)C2=C=C=CC1C. The van der Waals surface area contributed by atoms with Gasteiger partial charge in [0, 0.05) is 11.5 Å². The summed E-state index contributed by atoms with van der Waals surface area (Å²) >= 11 is 0. The summed E-state index contributed by atoms with van der Waals surface area (Å²) in [4.78, 5) is 0. The predicted molar refractivity (Wildman–Crippen MR) is 69.1 cm³/mol. The highest BCUT2D eigenvalue weighted by Gasteiger charge is 2.45. The van der Waals surface area contributed by atoms with Gasteiger partial charge in [-0.1, -0.05) is 24.5 Å². The van der Waals surface area contributed by atoms with Gasteiger partial charge in [0.2, 0.25) is 0 Å². The van der Waals surface area contributed by atoms with Crippen molar-refractivity contribution in [1.29, 1.82) is 0 Å². The molecule has 0 radical (unpaired) electrons. The van der Waals surface area contributed by atoms with Crippen LogP contribution >= 0.6 is 0 Å². The smallest absolute Gasteiger partial charge is 0.146 e. The Balaban J connectivity index is 2.32. The second-order valence-corrected chi connectivity index (χ2v) is 5.19. The van der Waals surface area contributed by atoms with Crippen molar-refractivity contribution >= 4 is 5.57 Å². The van der Waals surface area contributed by atoms with Crippen LogP contribution in [0.2, 0.25) is 0 Å². The minimum absolute atomic E-state index is 0.272. The number of ether oxygens (including phenoxy) is 1. The van der Waals surface area contributed by atoms with Crippen molar-refractivity contribution < 1.29 is 4.74 Å². The van der Waals surface area contributed by atoms with Crippen LogP contribution in [0, 0.1) is 19.8 Å². The van der Waals surface area contributed by atoms with Gasteiger partial charge in [-0.05, 0) is 44.0 Å². The van der Waals surface area contributed by atoms with Crippen molar-refractivity contribution in [2.24, 2.45) is 5.92 Å². The molecular weight excluding hydrogens is 208 g/mol. The molecule has 1 aliphatic heterocycles. The first-order chi connectivity index (χ1) is 8.04. The highest BCUT2D eigenvalue weighted by Crippen LogP contribution is 2.50. The number of benzene rings is 1. The second-order valence-electron chi connectivity index (χ2n) is 5.19. The monoisotopic (exact) mass is 224 g/mol. The van der Waals surface area contributed by atoms with Gasteiger partial charge >= 0.3 is 0 Å². The van der Waals surface area contributed by atoms with E-state index in [2.05, 4.69) is 51.3 Å². The standard InChI is InChI=1S/C16H16O/c1-10-8-9-13-14-7-5-6-11(2)16(14,4)17-15(13)12(10)3/h6,8-9,11H,1-4H3. The minimum Gasteiger partial charge on any atom is -0.481 e. The van der Waals surface area contributed by atoms with Crippen LogP contribution in [0.3, 0.4) is 0 Å². The molecule has 0 saturated heterocycles. The molecule has 1 aromatic rings. The van der Waals surface area contributed by atoms with Gasteiger partial charge in [0.05, 0.1) is 5.57 Å². The summed E-state index contributed by atoms with van der Waals surface area (Å²) in [6.45, 7) is 8.56. The molecule has 0 fully saturated rings. The molecule has 1 heterocycles. The molecule has 0 N–H and O–H groups in total. The average Bonchev–Trinajstić information content (AvgIpc) is 2.60. The highest BCUT2D eigenvalue weighted by atomic mass is 16.5. The zero-order valence-electron chi connectivity index (χ0n) is 10.7. The summed E-state index contributed by atoms with van der Waals surface area (Å²) in [6.07, 6.45) is 2.04. The molecule has 1 heteroatoms. The maximum atomic E-state index is 6.25. The third-order valence-corrected chi connectivity index (χ3v) is 4.16. The lowest BCUT2D eigenvalue weighted by molar-refractivity contribution is 0.126. The largest absolute Gasteiger partial charge is 0.481 e. The summed E-state index contributed by atoms with van der Waals surface area (Å²) in [5, 5.41) is 0. The molecule has 0 bridgehead atoms. The van der Waals surface area contributed by atoms with E-state index >= 15 is 0 Å². The second kappa shape index (κ2) is 3.17. The third-order valence-electron chi connectivity index (χ3n) is 4.16.